The van der Waals surface area contributed by atoms with Crippen LogP contribution in [0.25, 0.3) is 0 Å². The van der Waals surface area contributed by atoms with Gasteiger partial charge in [-0.25, -0.2) is 4.98 Å². The molecule has 1 aromatic carbocycles. The molecule has 0 spiro atoms. The number of aromatic nitrogens is 1. The molecule has 8 heteroatoms. The van der Waals surface area contributed by atoms with E-state index in [2.05, 4.69) is 36.0 Å². The molecule has 2 aromatic rings. The zero-order valence-electron chi connectivity index (χ0n) is 16.1. The molecule has 152 valence electrons. The van der Waals surface area contributed by atoms with Gasteiger partial charge in [0.25, 0.3) is 5.91 Å². The molecule has 0 radical (unpaired) electrons. The fourth-order valence-corrected chi connectivity index (χ4v) is 2.77. The fourth-order valence-electron chi connectivity index (χ4n) is 2.77. The average Bonchev–Trinajstić information content (AvgIpc) is 2.65. The second-order valence-electron chi connectivity index (χ2n) is 6.48. The first-order chi connectivity index (χ1) is 13.2. The van der Waals surface area contributed by atoms with Crippen molar-refractivity contribution in [2.75, 3.05) is 18.1 Å². The number of nitrogens with zero attached hydrogens (tertiary/aromatic N) is 2. The van der Waals surface area contributed by atoms with Gasteiger partial charge in [-0.2, -0.15) is 13.2 Å². The Balaban J connectivity index is 2.01. The lowest BCUT2D eigenvalue weighted by Crippen LogP contribution is -2.30. The lowest BCUT2D eigenvalue weighted by atomic mass is 10.1. The molecule has 0 bridgehead atoms. The van der Waals surface area contributed by atoms with Crippen molar-refractivity contribution in [3.8, 4) is 5.88 Å². The predicted octanol–water partition coefficient (Wildman–Crippen LogP) is 4.19. The van der Waals surface area contributed by atoms with Gasteiger partial charge in [0.05, 0.1) is 0 Å². The number of nitrogens with one attached hydrogen (secondary N) is 1. The molecule has 0 fully saturated rings. The molecule has 0 saturated heterocycles. The number of halogens is 3. The smallest absolute Gasteiger partial charge is 0.422 e. The van der Waals surface area contributed by atoms with Gasteiger partial charge in [0, 0.05) is 42.1 Å². The summed E-state index contributed by atoms with van der Waals surface area (Å²) in [6.07, 6.45) is -3.12. The molecular formula is C20H24F3N3O2. The van der Waals surface area contributed by atoms with Gasteiger partial charge in [-0.3, -0.25) is 4.79 Å². The Kier molecular flexibility index (Phi) is 7.25. The summed E-state index contributed by atoms with van der Waals surface area (Å²) in [7, 11) is 0. The molecule has 5 nitrogen and oxygen atoms in total. The Hall–Kier alpha value is -2.77. The summed E-state index contributed by atoms with van der Waals surface area (Å²) in [5, 5.41) is 2.68. The van der Waals surface area contributed by atoms with Crippen LogP contribution in [0.4, 0.5) is 18.9 Å². The summed E-state index contributed by atoms with van der Waals surface area (Å²) in [6, 6.07) is 10.7. The molecule has 0 aliphatic rings. The monoisotopic (exact) mass is 395 g/mol. The minimum Gasteiger partial charge on any atom is -0.468 e. The summed E-state index contributed by atoms with van der Waals surface area (Å²) in [5.41, 5.74) is 1.85. The number of pyridine rings is 1. The predicted molar refractivity (Wildman–Crippen MR) is 102 cm³/mol. The van der Waals surface area contributed by atoms with Gasteiger partial charge < -0.3 is 15.0 Å². The van der Waals surface area contributed by atoms with E-state index in [1.54, 1.807) is 24.3 Å². The van der Waals surface area contributed by atoms with Gasteiger partial charge in [-0.1, -0.05) is 6.07 Å². The first kappa shape index (κ1) is 21.5. The zero-order chi connectivity index (χ0) is 20.7. The number of hydrogen-bond acceptors (Lipinski definition) is 4. The molecule has 0 unspecified atom stereocenters. The van der Waals surface area contributed by atoms with E-state index in [-0.39, 0.29) is 18.3 Å². The highest BCUT2D eigenvalue weighted by Crippen LogP contribution is 2.20. The summed E-state index contributed by atoms with van der Waals surface area (Å²) in [4.78, 5) is 18.4. The van der Waals surface area contributed by atoms with Crippen LogP contribution in [0.2, 0.25) is 0 Å². The van der Waals surface area contributed by atoms with Crippen LogP contribution in [0.1, 0.15) is 36.7 Å². The van der Waals surface area contributed by atoms with E-state index in [0.717, 1.165) is 12.2 Å². The molecule has 1 aromatic heterocycles. The minimum atomic E-state index is -4.46. The highest BCUT2D eigenvalue weighted by molar-refractivity contribution is 5.94. The molecule has 0 aliphatic heterocycles. The second-order valence-corrected chi connectivity index (χ2v) is 6.48. The molecule has 1 amide bonds. The Bertz CT molecular complexity index is 777. The maximum absolute atomic E-state index is 12.4. The number of benzene rings is 1. The van der Waals surface area contributed by atoms with Crippen molar-refractivity contribution in [1.29, 1.82) is 0 Å². The summed E-state index contributed by atoms with van der Waals surface area (Å²) >= 11 is 0. The topological polar surface area (TPSA) is 54.5 Å². The van der Waals surface area contributed by atoms with Crippen LogP contribution < -0.4 is 15.0 Å². The third-order valence-corrected chi connectivity index (χ3v) is 4.09. The third kappa shape index (κ3) is 6.14. The van der Waals surface area contributed by atoms with Crippen LogP contribution in [0.15, 0.2) is 42.6 Å². The number of ether oxygens (including phenoxy) is 1. The van der Waals surface area contributed by atoms with Gasteiger partial charge in [0.1, 0.15) is 0 Å². The van der Waals surface area contributed by atoms with Crippen LogP contribution >= 0.6 is 0 Å². The van der Waals surface area contributed by atoms with E-state index in [4.69, 9.17) is 4.74 Å². The number of anilines is 1. The average molecular weight is 395 g/mol. The highest BCUT2D eigenvalue weighted by atomic mass is 19.4. The number of carbonyl (C=O) groups excluding carboxylic acids is 1. The number of hydrogen-bond donors (Lipinski definition) is 1. The van der Waals surface area contributed by atoms with Crippen molar-refractivity contribution in [2.24, 2.45) is 0 Å². The normalized spacial score (nSPS) is 11.4. The molecule has 2 rings (SSSR count). The number of alkyl halides is 3. The van der Waals surface area contributed by atoms with Gasteiger partial charge in [-0.05, 0) is 51.1 Å². The van der Waals surface area contributed by atoms with Crippen LogP contribution in [0.3, 0.4) is 0 Å². The molecule has 1 heterocycles. The molecule has 1 N–H and O–H groups in total. The largest absolute Gasteiger partial charge is 0.468 e. The van der Waals surface area contributed by atoms with Crippen molar-refractivity contribution in [3.63, 3.8) is 0 Å². The van der Waals surface area contributed by atoms with Crippen LogP contribution in [0, 0.1) is 0 Å². The van der Waals surface area contributed by atoms with E-state index in [1.165, 1.54) is 6.20 Å². The molecule has 0 aliphatic carbocycles. The standard InChI is InChI=1S/C20H24F3N3O2/c1-4-26(14(2)3)17-9-7-15(8-10-17)18(27)25-12-16-6-5-11-24-19(16)28-13-20(21,22)23/h5-11,14H,4,12-13H2,1-3H3,(H,25,27). The van der Waals surface area contributed by atoms with E-state index < -0.39 is 12.8 Å². The number of carbonyl (C=O) groups is 1. The number of amides is 1. The van der Waals surface area contributed by atoms with Crippen LogP contribution in [0.5, 0.6) is 5.88 Å². The van der Waals surface area contributed by atoms with Crippen molar-refractivity contribution >= 4 is 11.6 Å². The van der Waals surface area contributed by atoms with Crippen molar-refractivity contribution < 1.29 is 22.7 Å². The maximum Gasteiger partial charge on any atom is 0.422 e. The van der Waals surface area contributed by atoms with E-state index in [0.29, 0.717) is 17.2 Å². The first-order valence-corrected chi connectivity index (χ1v) is 8.99. The van der Waals surface area contributed by atoms with E-state index in [9.17, 15) is 18.0 Å². The third-order valence-electron chi connectivity index (χ3n) is 4.09. The lowest BCUT2D eigenvalue weighted by Gasteiger charge is -2.27. The van der Waals surface area contributed by atoms with E-state index in [1.807, 2.05) is 12.1 Å². The van der Waals surface area contributed by atoms with Gasteiger partial charge in [0.2, 0.25) is 5.88 Å². The SMILES string of the molecule is CCN(c1ccc(C(=O)NCc2cccnc2OCC(F)(F)F)cc1)C(C)C. The van der Waals surface area contributed by atoms with Crippen molar-refractivity contribution in [1.82, 2.24) is 10.3 Å². The maximum atomic E-state index is 12.4. The van der Waals surface area contributed by atoms with Crippen molar-refractivity contribution in [2.45, 2.75) is 39.5 Å². The Morgan fingerprint density at radius 2 is 1.89 bits per heavy atom. The lowest BCUT2D eigenvalue weighted by molar-refractivity contribution is -0.154. The number of rotatable bonds is 8. The van der Waals surface area contributed by atoms with E-state index >= 15 is 0 Å². The van der Waals surface area contributed by atoms with Crippen LogP contribution in [-0.2, 0) is 6.54 Å². The fraction of sp³-hybridized carbons (Fsp3) is 0.400. The molecular weight excluding hydrogens is 371 g/mol. The zero-order valence-corrected chi connectivity index (χ0v) is 16.1. The molecule has 0 saturated carbocycles. The molecule has 28 heavy (non-hydrogen) atoms. The Labute approximate surface area is 162 Å². The molecule has 0 atom stereocenters. The quantitative estimate of drug-likeness (QED) is 0.728. The summed E-state index contributed by atoms with van der Waals surface area (Å²) < 4.78 is 41.8. The minimum absolute atomic E-state index is 0.00863. The first-order valence-electron chi connectivity index (χ1n) is 8.99. The van der Waals surface area contributed by atoms with Gasteiger partial charge in [-0.15, -0.1) is 0 Å². The highest BCUT2D eigenvalue weighted by Gasteiger charge is 2.29. The second kappa shape index (κ2) is 9.43. The Morgan fingerprint density at radius 1 is 1.21 bits per heavy atom. The summed E-state index contributed by atoms with van der Waals surface area (Å²) in [6.45, 7) is 5.68. The van der Waals surface area contributed by atoms with Gasteiger partial charge >= 0.3 is 6.18 Å². The summed E-state index contributed by atoms with van der Waals surface area (Å²) in [5.74, 6) is -0.476. The van der Waals surface area contributed by atoms with Crippen LogP contribution in [-0.4, -0.2) is 36.3 Å². The van der Waals surface area contributed by atoms with Gasteiger partial charge in [0.15, 0.2) is 6.61 Å². The van der Waals surface area contributed by atoms with Crippen molar-refractivity contribution in [3.05, 3.63) is 53.7 Å². The Morgan fingerprint density at radius 3 is 2.46 bits per heavy atom.